The van der Waals surface area contributed by atoms with Crippen LogP contribution in [0.1, 0.15) is 22.3 Å². The molecule has 1 unspecified atom stereocenters. The van der Waals surface area contributed by atoms with Crippen molar-refractivity contribution in [1.29, 1.82) is 0 Å². The van der Waals surface area contributed by atoms with Crippen molar-refractivity contribution in [1.82, 2.24) is 0 Å². The van der Waals surface area contributed by atoms with Crippen LogP contribution in [-0.2, 0) is 5.41 Å². The average Bonchev–Trinajstić information content (AvgIpc) is 4.14. The molecule has 0 radical (unpaired) electrons. The number of thiophene rings is 1. The summed E-state index contributed by atoms with van der Waals surface area (Å²) in [4.78, 5) is 2.44. The second-order valence-electron chi connectivity index (χ2n) is 18.0. The molecular weight excluding hydrogens is 843 g/mol. The number of anilines is 3. The van der Waals surface area contributed by atoms with E-state index >= 15 is 0 Å². The van der Waals surface area contributed by atoms with Crippen LogP contribution in [-0.4, -0.2) is 0 Å². The van der Waals surface area contributed by atoms with Crippen LogP contribution < -0.4 is 4.90 Å². The number of rotatable bonds is 6. The molecule has 10 aromatic carbocycles. The van der Waals surface area contributed by atoms with Crippen LogP contribution in [0.2, 0.25) is 0 Å². The maximum absolute atomic E-state index is 5.78. The lowest BCUT2D eigenvalue weighted by atomic mass is 9.65. The van der Waals surface area contributed by atoms with Gasteiger partial charge in [-0.05, 0) is 151 Å². The van der Waals surface area contributed by atoms with Crippen molar-refractivity contribution in [2.24, 2.45) is 0 Å². The lowest BCUT2D eigenvalue weighted by Gasteiger charge is -2.36. The van der Waals surface area contributed by atoms with Gasteiger partial charge in [0.25, 0.3) is 0 Å². The Morgan fingerprint density at radius 2 is 0.853 bits per heavy atom. The Labute approximate surface area is 399 Å². The molecule has 0 saturated carbocycles. The Hall–Kier alpha value is -8.50. The topological polar surface area (TPSA) is 16.4 Å². The number of fused-ring (bicyclic) bond motifs is 15. The van der Waals surface area contributed by atoms with Gasteiger partial charge in [-0.1, -0.05) is 170 Å². The lowest BCUT2D eigenvalue weighted by molar-refractivity contribution is 0.582. The highest BCUT2D eigenvalue weighted by molar-refractivity contribution is 7.25. The standard InChI is InChI=1S/C65H41NOS/c1-2-14-42(15-3-1)43-27-31-47(32-28-43)66(48-33-29-44(30-34-48)45-16-12-17-46(38-45)62-25-13-37-67-62)49-35-36-54-51-19-5-4-18-50(51)52-20-6-9-23-58(52)65(60(54)39-49)59-24-10-7-21-53(59)56-40-57-55-22-8-11-26-63(55)68-64(57)41-61(56)65/h1-41H. The van der Waals surface area contributed by atoms with Crippen molar-refractivity contribution >= 4 is 48.6 Å². The smallest absolute Gasteiger partial charge is 0.133 e. The van der Waals surface area contributed by atoms with Crippen molar-refractivity contribution in [3.8, 4) is 67.0 Å². The Kier molecular flexibility index (Phi) is 8.71. The van der Waals surface area contributed by atoms with Crippen LogP contribution in [0.4, 0.5) is 17.1 Å². The molecule has 2 heterocycles. The highest BCUT2D eigenvalue weighted by Crippen LogP contribution is 2.63. The fourth-order valence-electron chi connectivity index (χ4n) is 11.4. The van der Waals surface area contributed by atoms with E-state index < -0.39 is 5.41 Å². The Bertz CT molecular complexity index is 3900. The van der Waals surface area contributed by atoms with Crippen LogP contribution in [0, 0.1) is 0 Å². The molecule has 3 heteroatoms. The largest absolute Gasteiger partial charge is 0.464 e. The first-order valence-corrected chi connectivity index (χ1v) is 24.1. The molecule has 2 nitrogen and oxygen atoms in total. The first kappa shape index (κ1) is 38.7. The second kappa shape index (κ2) is 15.3. The van der Waals surface area contributed by atoms with Crippen molar-refractivity contribution in [2.45, 2.75) is 5.41 Å². The summed E-state index contributed by atoms with van der Waals surface area (Å²) in [5, 5.41) is 2.63. The molecule has 2 aromatic heterocycles. The minimum absolute atomic E-state index is 0.636. The predicted octanol–water partition coefficient (Wildman–Crippen LogP) is 18.1. The molecule has 14 rings (SSSR count). The minimum Gasteiger partial charge on any atom is -0.464 e. The van der Waals surface area contributed by atoms with Gasteiger partial charge in [-0.15, -0.1) is 11.3 Å². The number of benzene rings is 10. The van der Waals surface area contributed by atoms with Gasteiger partial charge in [0.05, 0.1) is 11.7 Å². The third-order valence-corrected chi connectivity index (χ3v) is 15.5. The molecule has 0 aliphatic heterocycles. The van der Waals surface area contributed by atoms with E-state index in [4.69, 9.17) is 4.42 Å². The van der Waals surface area contributed by atoms with Gasteiger partial charge in [0.15, 0.2) is 0 Å². The van der Waals surface area contributed by atoms with Gasteiger partial charge in [0.2, 0.25) is 0 Å². The van der Waals surface area contributed by atoms with E-state index in [9.17, 15) is 0 Å². The molecule has 1 spiro atoms. The third kappa shape index (κ3) is 5.83. The molecule has 318 valence electrons. The minimum atomic E-state index is -0.636. The summed E-state index contributed by atoms with van der Waals surface area (Å²) in [6.07, 6.45) is 1.73. The SMILES string of the molecule is c1ccc(-c2ccc(N(c3ccc(-c4cccc(-c5ccco5)c4)cc3)c3ccc4c(c3)C3(c5ccccc5-c5ccccc5-4)c4ccccc4-c4cc5c(cc43)sc3ccccc35)cc2)cc1. The summed E-state index contributed by atoms with van der Waals surface area (Å²) < 4.78 is 8.40. The van der Waals surface area contributed by atoms with Crippen LogP contribution in [0.5, 0.6) is 0 Å². The third-order valence-electron chi connectivity index (χ3n) is 14.4. The van der Waals surface area contributed by atoms with E-state index in [0.29, 0.717) is 0 Å². The van der Waals surface area contributed by atoms with E-state index in [-0.39, 0.29) is 0 Å². The number of nitrogens with zero attached hydrogens (tertiary/aromatic N) is 1. The van der Waals surface area contributed by atoms with Gasteiger partial charge in [-0.2, -0.15) is 0 Å². The van der Waals surface area contributed by atoms with E-state index in [1.807, 2.05) is 23.5 Å². The van der Waals surface area contributed by atoms with E-state index in [1.54, 1.807) is 6.26 Å². The van der Waals surface area contributed by atoms with Crippen molar-refractivity contribution < 1.29 is 4.42 Å². The van der Waals surface area contributed by atoms with Gasteiger partial charge in [-0.25, -0.2) is 0 Å². The van der Waals surface area contributed by atoms with Gasteiger partial charge < -0.3 is 9.32 Å². The predicted molar refractivity (Wildman–Crippen MR) is 284 cm³/mol. The van der Waals surface area contributed by atoms with E-state index in [2.05, 4.69) is 235 Å². The van der Waals surface area contributed by atoms with Gasteiger partial charge in [0, 0.05) is 42.8 Å². The van der Waals surface area contributed by atoms with Crippen LogP contribution in [0.25, 0.3) is 87.1 Å². The average molecular weight is 884 g/mol. The number of hydrogen-bond acceptors (Lipinski definition) is 3. The summed E-state index contributed by atoms with van der Waals surface area (Å²) >= 11 is 1.90. The van der Waals surface area contributed by atoms with Crippen LogP contribution in [0.15, 0.2) is 253 Å². The summed E-state index contributed by atoms with van der Waals surface area (Å²) in [6.45, 7) is 0. The van der Waals surface area contributed by atoms with Crippen LogP contribution >= 0.6 is 11.3 Å². The fraction of sp³-hybridized carbons (Fsp3) is 0.0154. The first-order valence-electron chi connectivity index (χ1n) is 23.3. The summed E-state index contributed by atoms with van der Waals surface area (Å²) in [5.41, 5.74) is 21.1. The maximum Gasteiger partial charge on any atom is 0.133 e. The molecule has 12 aromatic rings. The molecule has 0 fully saturated rings. The number of hydrogen-bond donors (Lipinski definition) is 0. The zero-order valence-electron chi connectivity index (χ0n) is 36.9. The summed E-state index contributed by atoms with van der Waals surface area (Å²) in [6, 6.07) is 89.8. The maximum atomic E-state index is 5.78. The normalized spacial score (nSPS) is 14.2. The molecule has 0 saturated heterocycles. The van der Waals surface area contributed by atoms with Gasteiger partial charge in [-0.3, -0.25) is 0 Å². The molecule has 2 aliphatic rings. The molecular formula is C65H41NOS. The molecule has 0 N–H and O–H groups in total. The van der Waals surface area contributed by atoms with E-state index in [0.717, 1.165) is 39.5 Å². The molecule has 1 atom stereocenters. The van der Waals surface area contributed by atoms with Gasteiger partial charge >= 0.3 is 0 Å². The molecule has 2 aliphatic carbocycles. The molecule has 68 heavy (non-hydrogen) atoms. The molecule has 0 amide bonds. The zero-order valence-corrected chi connectivity index (χ0v) is 37.8. The van der Waals surface area contributed by atoms with Crippen molar-refractivity contribution in [3.05, 3.63) is 271 Å². The zero-order chi connectivity index (χ0) is 44.8. The monoisotopic (exact) mass is 883 g/mol. The number of furan rings is 1. The Morgan fingerprint density at radius 3 is 1.56 bits per heavy atom. The highest BCUT2D eigenvalue weighted by Gasteiger charge is 2.50. The summed E-state index contributed by atoms with van der Waals surface area (Å²) in [7, 11) is 0. The Balaban J connectivity index is 1.02. The lowest BCUT2D eigenvalue weighted by Crippen LogP contribution is -2.29. The summed E-state index contributed by atoms with van der Waals surface area (Å²) in [5.74, 6) is 0.862. The molecule has 0 bridgehead atoms. The first-order chi connectivity index (χ1) is 33.7. The Morgan fingerprint density at radius 1 is 0.309 bits per heavy atom. The quantitative estimate of drug-likeness (QED) is 0.165. The highest BCUT2D eigenvalue weighted by atomic mass is 32.1. The fourth-order valence-corrected chi connectivity index (χ4v) is 12.5. The van der Waals surface area contributed by atoms with Gasteiger partial charge in [0.1, 0.15) is 5.76 Å². The van der Waals surface area contributed by atoms with Crippen LogP contribution in [0.3, 0.4) is 0 Å². The van der Waals surface area contributed by atoms with E-state index in [1.165, 1.54) is 86.9 Å². The van der Waals surface area contributed by atoms with Crippen molar-refractivity contribution in [2.75, 3.05) is 4.90 Å². The second-order valence-corrected chi connectivity index (χ2v) is 19.0. The van der Waals surface area contributed by atoms with Crippen molar-refractivity contribution in [3.63, 3.8) is 0 Å².